The first-order valence-electron chi connectivity index (χ1n) is 9.01. The molecule has 25 heavy (non-hydrogen) atoms. The number of carbonyl (C=O) groups is 1. The molecule has 5 nitrogen and oxygen atoms in total. The van der Waals surface area contributed by atoms with Gasteiger partial charge in [-0.25, -0.2) is 4.79 Å². The minimum atomic E-state index is -4.91. The molecule has 2 aliphatic rings. The molecule has 0 aromatic rings. The van der Waals surface area contributed by atoms with E-state index in [4.69, 9.17) is 14.2 Å². The fraction of sp³-hybridized carbons (Fsp3) is 0.941. The molecule has 8 heteroatoms. The molecule has 0 aromatic carbocycles. The lowest BCUT2D eigenvalue weighted by Crippen LogP contribution is -2.38. The number of carbonyl (C=O) groups excluding carboxylic acids is 1. The van der Waals surface area contributed by atoms with E-state index in [0.29, 0.717) is 38.6 Å². The van der Waals surface area contributed by atoms with Gasteiger partial charge in [0.2, 0.25) is 0 Å². The van der Waals surface area contributed by atoms with Gasteiger partial charge in [-0.2, -0.15) is 13.2 Å². The second kappa shape index (κ2) is 9.73. The minimum Gasteiger partial charge on any atom is -0.456 e. The van der Waals surface area contributed by atoms with Gasteiger partial charge in [-0.05, 0) is 50.9 Å². The summed E-state index contributed by atoms with van der Waals surface area (Å²) in [6.45, 7) is 3.81. The van der Waals surface area contributed by atoms with Gasteiger partial charge < -0.3 is 18.9 Å². The average molecular weight is 368 g/mol. The van der Waals surface area contributed by atoms with E-state index in [1.54, 1.807) is 0 Å². The van der Waals surface area contributed by atoms with E-state index < -0.39 is 18.2 Å². The third-order valence-electron chi connectivity index (χ3n) is 4.60. The van der Waals surface area contributed by atoms with Crippen molar-refractivity contribution < 1.29 is 36.9 Å². The van der Waals surface area contributed by atoms with E-state index in [2.05, 4.69) is 4.74 Å². The van der Waals surface area contributed by atoms with Crippen LogP contribution in [-0.4, -0.2) is 50.5 Å². The molecule has 0 radical (unpaired) electrons. The first-order chi connectivity index (χ1) is 11.9. The van der Waals surface area contributed by atoms with Crippen molar-refractivity contribution in [1.29, 1.82) is 0 Å². The molecule has 0 N–H and O–H groups in total. The van der Waals surface area contributed by atoms with E-state index in [0.717, 1.165) is 32.1 Å². The Morgan fingerprint density at radius 3 is 2.24 bits per heavy atom. The highest BCUT2D eigenvalue weighted by Gasteiger charge is 2.42. The Morgan fingerprint density at radius 2 is 1.68 bits per heavy atom. The maximum Gasteiger partial charge on any atom is 0.490 e. The Bertz CT molecular complexity index is 400. The Kier molecular flexibility index (Phi) is 7.96. The molecular formula is C17H27F3O5. The van der Waals surface area contributed by atoms with Crippen LogP contribution in [0.15, 0.2) is 0 Å². The highest BCUT2D eigenvalue weighted by atomic mass is 19.4. The van der Waals surface area contributed by atoms with E-state index >= 15 is 0 Å². The van der Waals surface area contributed by atoms with Gasteiger partial charge in [0.25, 0.3) is 0 Å². The van der Waals surface area contributed by atoms with Crippen molar-refractivity contribution in [1.82, 2.24) is 0 Å². The predicted molar refractivity (Wildman–Crippen MR) is 82.9 cm³/mol. The number of alkyl halides is 3. The van der Waals surface area contributed by atoms with Crippen molar-refractivity contribution in [2.45, 2.75) is 76.5 Å². The maximum absolute atomic E-state index is 12.2. The Labute approximate surface area is 146 Å². The standard InChI is InChI=1S/C17H27F3O5/c1-2-9-22-14-10-23-15(24-11-14)8-5-12-3-6-13(7-4-12)25-16(21)17(18,19)20/h12-15H,2-11H2,1H3. The van der Waals surface area contributed by atoms with Crippen molar-refractivity contribution in [2.75, 3.05) is 19.8 Å². The van der Waals surface area contributed by atoms with Gasteiger partial charge in [0.05, 0.1) is 13.2 Å². The molecule has 146 valence electrons. The highest BCUT2D eigenvalue weighted by Crippen LogP contribution is 2.31. The molecule has 0 atom stereocenters. The second-order valence-corrected chi connectivity index (χ2v) is 6.71. The summed E-state index contributed by atoms with van der Waals surface area (Å²) in [5, 5.41) is 0. The van der Waals surface area contributed by atoms with Crippen molar-refractivity contribution in [3.63, 3.8) is 0 Å². The van der Waals surface area contributed by atoms with Crippen molar-refractivity contribution in [3.8, 4) is 0 Å². The van der Waals surface area contributed by atoms with Crippen LogP contribution in [0.3, 0.4) is 0 Å². The third kappa shape index (κ3) is 7.11. The molecule has 1 saturated carbocycles. The van der Waals surface area contributed by atoms with Crippen LogP contribution in [-0.2, 0) is 23.7 Å². The monoisotopic (exact) mass is 368 g/mol. The second-order valence-electron chi connectivity index (χ2n) is 6.71. The topological polar surface area (TPSA) is 54.0 Å². The molecule has 1 aliphatic heterocycles. The van der Waals surface area contributed by atoms with Crippen LogP contribution in [0.5, 0.6) is 0 Å². The number of esters is 1. The van der Waals surface area contributed by atoms with Crippen LogP contribution >= 0.6 is 0 Å². The molecule has 1 heterocycles. The highest BCUT2D eigenvalue weighted by molar-refractivity contribution is 5.75. The van der Waals surface area contributed by atoms with Crippen LogP contribution in [0.2, 0.25) is 0 Å². The van der Waals surface area contributed by atoms with Crippen molar-refractivity contribution >= 4 is 5.97 Å². The Morgan fingerprint density at radius 1 is 1.04 bits per heavy atom. The first-order valence-corrected chi connectivity index (χ1v) is 9.01. The Hall–Kier alpha value is -0.860. The lowest BCUT2D eigenvalue weighted by Gasteiger charge is -2.32. The number of hydrogen-bond donors (Lipinski definition) is 0. The van der Waals surface area contributed by atoms with Crippen LogP contribution in [0.4, 0.5) is 13.2 Å². The fourth-order valence-electron chi connectivity index (χ4n) is 3.20. The molecule has 0 spiro atoms. The largest absolute Gasteiger partial charge is 0.490 e. The van der Waals surface area contributed by atoms with Gasteiger partial charge >= 0.3 is 12.1 Å². The van der Waals surface area contributed by atoms with E-state index in [9.17, 15) is 18.0 Å². The molecular weight excluding hydrogens is 341 g/mol. The zero-order valence-corrected chi connectivity index (χ0v) is 14.6. The van der Waals surface area contributed by atoms with Gasteiger partial charge in [-0.1, -0.05) is 6.92 Å². The summed E-state index contributed by atoms with van der Waals surface area (Å²) in [6.07, 6.45) is -0.691. The lowest BCUT2D eigenvalue weighted by molar-refractivity contribution is -0.229. The van der Waals surface area contributed by atoms with Gasteiger partial charge in [0.15, 0.2) is 6.29 Å². The van der Waals surface area contributed by atoms with Crippen LogP contribution in [0.25, 0.3) is 0 Å². The number of hydrogen-bond acceptors (Lipinski definition) is 5. The summed E-state index contributed by atoms with van der Waals surface area (Å²) < 4.78 is 58.0. The normalized spacial score (nSPS) is 30.9. The molecule has 0 amide bonds. The van der Waals surface area contributed by atoms with Crippen molar-refractivity contribution in [3.05, 3.63) is 0 Å². The number of rotatable bonds is 7. The summed E-state index contributed by atoms with van der Waals surface area (Å²) >= 11 is 0. The third-order valence-corrected chi connectivity index (χ3v) is 4.60. The molecule has 0 unspecified atom stereocenters. The van der Waals surface area contributed by atoms with Crippen LogP contribution in [0, 0.1) is 5.92 Å². The SMILES string of the molecule is CCCOC1COC(CCC2CCC(OC(=O)C(F)(F)F)CC2)OC1. The number of halogens is 3. The van der Waals surface area contributed by atoms with Crippen molar-refractivity contribution in [2.24, 2.45) is 5.92 Å². The average Bonchev–Trinajstić information content (AvgIpc) is 2.59. The van der Waals surface area contributed by atoms with Crippen LogP contribution in [0.1, 0.15) is 51.9 Å². The molecule has 0 aromatic heterocycles. The predicted octanol–water partition coefficient (Wildman–Crippen LogP) is 3.60. The quantitative estimate of drug-likeness (QED) is 0.643. The molecule has 1 aliphatic carbocycles. The summed E-state index contributed by atoms with van der Waals surface area (Å²) in [5.41, 5.74) is 0. The Balaban J connectivity index is 1.58. The minimum absolute atomic E-state index is 0.00467. The summed E-state index contributed by atoms with van der Waals surface area (Å²) in [4.78, 5) is 10.8. The van der Waals surface area contributed by atoms with Gasteiger partial charge in [0.1, 0.15) is 12.2 Å². The maximum atomic E-state index is 12.2. The first kappa shape index (κ1) is 20.5. The van der Waals surface area contributed by atoms with Gasteiger partial charge in [-0.15, -0.1) is 0 Å². The fourth-order valence-corrected chi connectivity index (χ4v) is 3.20. The summed E-state index contributed by atoms with van der Waals surface area (Å²) in [7, 11) is 0. The zero-order valence-electron chi connectivity index (χ0n) is 14.6. The molecule has 1 saturated heterocycles. The zero-order chi connectivity index (χ0) is 18.3. The lowest BCUT2D eigenvalue weighted by atomic mass is 9.84. The molecule has 2 rings (SSSR count). The smallest absolute Gasteiger partial charge is 0.456 e. The number of ether oxygens (including phenoxy) is 4. The summed E-state index contributed by atoms with van der Waals surface area (Å²) in [5.74, 6) is -1.68. The molecule has 2 fully saturated rings. The van der Waals surface area contributed by atoms with E-state index in [1.165, 1.54) is 0 Å². The van der Waals surface area contributed by atoms with Gasteiger partial charge in [0, 0.05) is 6.61 Å². The summed E-state index contributed by atoms with van der Waals surface area (Å²) in [6, 6.07) is 0. The van der Waals surface area contributed by atoms with E-state index in [-0.39, 0.29) is 12.4 Å². The van der Waals surface area contributed by atoms with Gasteiger partial charge in [-0.3, -0.25) is 0 Å². The van der Waals surface area contributed by atoms with E-state index in [1.807, 2.05) is 6.92 Å². The van der Waals surface area contributed by atoms with Crippen LogP contribution < -0.4 is 0 Å². The molecule has 0 bridgehead atoms.